The number of Topliss-reactive ketones (excluding diaryl/α,β-unsaturated/α-hetero) is 1. The molecule has 5 unspecified atom stereocenters. The zero-order chi connectivity index (χ0) is 31.6. The minimum atomic E-state index is -0.982. The number of ether oxygens (including phenoxy) is 3. The number of benzene rings is 2. The Labute approximate surface area is 259 Å². The van der Waals surface area contributed by atoms with Crippen LogP contribution in [-0.4, -0.2) is 69.8 Å². The first-order valence-electron chi connectivity index (χ1n) is 15.6. The molecule has 0 aromatic heterocycles. The number of carbonyl (C=O) groups is 4. The fourth-order valence-electron chi connectivity index (χ4n) is 6.93. The Morgan fingerprint density at radius 1 is 0.955 bits per heavy atom. The van der Waals surface area contributed by atoms with E-state index in [1.165, 1.54) is 4.90 Å². The number of amides is 3. The lowest BCUT2D eigenvalue weighted by Gasteiger charge is -2.36. The van der Waals surface area contributed by atoms with Crippen LogP contribution in [0.3, 0.4) is 0 Å². The van der Waals surface area contributed by atoms with E-state index in [1.54, 1.807) is 4.90 Å². The third kappa shape index (κ3) is 7.15. The lowest BCUT2D eigenvalue weighted by molar-refractivity contribution is -0.139. The van der Waals surface area contributed by atoms with E-state index in [1.807, 2.05) is 95.3 Å². The minimum absolute atomic E-state index is 0.0877. The van der Waals surface area contributed by atoms with Gasteiger partial charge in [0.15, 0.2) is 0 Å². The molecule has 0 N–H and O–H groups in total. The maximum atomic E-state index is 14.1. The topological polar surface area (TPSA) is 102 Å². The number of nitrogens with zero attached hydrogens (tertiary/aromatic N) is 2. The predicted octanol–water partition coefficient (Wildman–Crippen LogP) is 5.94. The van der Waals surface area contributed by atoms with Gasteiger partial charge in [0.1, 0.15) is 23.7 Å². The summed E-state index contributed by atoms with van der Waals surface area (Å²) < 4.78 is 17.8. The molecule has 3 fully saturated rings. The molecule has 0 radical (unpaired) electrons. The van der Waals surface area contributed by atoms with Gasteiger partial charge >= 0.3 is 12.2 Å². The van der Waals surface area contributed by atoms with Gasteiger partial charge < -0.3 is 14.2 Å². The molecule has 1 aliphatic carbocycles. The molecule has 0 bridgehead atoms. The largest absolute Gasteiger partial charge is 0.447 e. The van der Waals surface area contributed by atoms with Crippen molar-refractivity contribution >= 4 is 23.9 Å². The number of ketones is 1. The molecule has 5 atom stereocenters. The average Bonchev–Trinajstić information content (AvgIpc) is 3.43. The molecule has 44 heavy (non-hydrogen) atoms. The molecule has 9 nitrogen and oxygen atoms in total. The quantitative estimate of drug-likeness (QED) is 0.386. The van der Waals surface area contributed by atoms with Gasteiger partial charge in [0.2, 0.25) is 5.91 Å². The van der Waals surface area contributed by atoms with Gasteiger partial charge in [-0.15, -0.1) is 0 Å². The van der Waals surface area contributed by atoms with Crippen molar-refractivity contribution in [2.45, 2.75) is 103 Å². The van der Waals surface area contributed by atoms with Gasteiger partial charge in [-0.2, -0.15) is 0 Å². The summed E-state index contributed by atoms with van der Waals surface area (Å²) >= 11 is 0. The lowest BCUT2D eigenvalue weighted by atomic mass is 9.74. The van der Waals surface area contributed by atoms with Crippen molar-refractivity contribution in [1.29, 1.82) is 0 Å². The van der Waals surface area contributed by atoms with Gasteiger partial charge in [-0.05, 0) is 77.3 Å². The van der Waals surface area contributed by atoms with Crippen LogP contribution in [0, 0.1) is 11.8 Å². The number of hydrogen-bond donors (Lipinski definition) is 0. The van der Waals surface area contributed by atoms with Gasteiger partial charge in [0.05, 0.1) is 18.2 Å². The number of hydrogen-bond acceptors (Lipinski definition) is 7. The standard InChI is InChI=1S/C35H44N2O7/c1-34(2,3)44-33(41)37-29(19-24-14-10-7-11-15-24)30(43-35(37,4)5)21-25-20-27(38)16-17-28(25)31(39)36-26(22-42-32(36)40)18-23-12-8-6-9-13-23/h6-15,25-26,28-30H,16-22H2,1-5H3. The molecule has 5 rings (SSSR count). The van der Waals surface area contributed by atoms with Gasteiger partial charge in [-0.1, -0.05) is 60.7 Å². The highest BCUT2D eigenvalue weighted by Gasteiger charge is 2.53. The highest BCUT2D eigenvalue weighted by atomic mass is 16.6. The van der Waals surface area contributed by atoms with Crippen LogP contribution in [-0.2, 0) is 36.6 Å². The molecule has 236 valence electrons. The average molecular weight is 605 g/mol. The van der Waals surface area contributed by atoms with Crippen molar-refractivity contribution in [3.05, 3.63) is 71.8 Å². The van der Waals surface area contributed by atoms with E-state index in [9.17, 15) is 19.2 Å². The molecule has 3 amide bonds. The molecular weight excluding hydrogens is 560 g/mol. The summed E-state index contributed by atoms with van der Waals surface area (Å²) in [6.45, 7) is 9.32. The van der Waals surface area contributed by atoms with Crippen LogP contribution < -0.4 is 0 Å². The first-order chi connectivity index (χ1) is 20.8. The first-order valence-corrected chi connectivity index (χ1v) is 15.6. The van der Waals surface area contributed by atoms with Gasteiger partial charge in [-0.25, -0.2) is 14.5 Å². The lowest BCUT2D eigenvalue weighted by Crippen LogP contribution is -2.51. The zero-order valence-corrected chi connectivity index (χ0v) is 26.4. The smallest absolute Gasteiger partial charge is 0.416 e. The fourth-order valence-corrected chi connectivity index (χ4v) is 6.93. The Hall–Kier alpha value is -3.72. The van der Waals surface area contributed by atoms with Crippen molar-refractivity contribution in [3.8, 4) is 0 Å². The van der Waals surface area contributed by atoms with Crippen LogP contribution >= 0.6 is 0 Å². The van der Waals surface area contributed by atoms with Crippen LogP contribution in [0.5, 0.6) is 0 Å². The molecule has 3 aliphatic rings. The van der Waals surface area contributed by atoms with Crippen molar-refractivity contribution in [1.82, 2.24) is 9.80 Å². The van der Waals surface area contributed by atoms with Crippen molar-refractivity contribution in [2.24, 2.45) is 11.8 Å². The molecule has 0 spiro atoms. The number of cyclic esters (lactones) is 1. The Balaban J connectivity index is 1.41. The predicted molar refractivity (Wildman–Crippen MR) is 164 cm³/mol. The van der Waals surface area contributed by atoms with Gasteiger partial charge in [0.25, 0.3) is 0 Å². The number of carbonyl (C=O) groups excluding carboxylic acids is 4. The van der Waals surface area contributed by atoms with Crippen LogP contribution in [0.25, 0.3) is 0 Å². The minimum Gasteiger partial charge on any atom is -0.447 e. The highest BCUT2D eigenvalue weighted by molar-refractivity contribution is 5.96. The molecule has 2 aliphatic heterocycles. The van der Waals surface area contributed by atoms with E-state index in [2.05, 4.69) is 0 Å². The van der Waals surface area contributed by atoms with Gasteiger partial charge in [0, 0.05) is 18.8 Å². The normalized spacial score (nSPS) is 26.9. The highest BCUT2D eigenvalue weighted by Crippen LogP contribution is 2.42. The summed E-state index contributed by atoms with van der Waals surface area (Å²) in [7, 11) is 0. The third-order valence-electron chi connectivity index (χ3n) is 8.82. The van der Waals surface area contributed by atoms with E-state index >= 15 is 0 Å². The summed E-state index contributed by atoms with van der Waals surface area (Å²) in [6, 6.07) is 18.8. The maximum Gasteiger partial charge on any atom is 0.416 e. The Morgan fingerprint density at radius 2 is 1.57 bits per heavy atom. The van der Waals surface area contributed by atoms with E-state index < -0.39 is 47.6 Å². The van der Waals surface area contributed by atoms with Crippen molar-refractivity contribution in [3.63, 3.8) is 0 Å². The summed E-state index contributed by atoms with van der Waals surface area (Å²) in [5.41, 5.74) is 0.366. The Kier molecular flexibility index (Phi) is 9.16. The third-order valence-corrected chi connectivity index (χ3v) is 8.82. The Morgan fingerprint density at radius 3 is 2.18 bits per heavy atom. The van der Waals surface area contributed by atoms with Gasteiger partial charge in [-0.3, -0.25) is 14.5 Å². The second-order valence-electron chi connectivity index (χ2n) is 13.7. The van der Waals surface area contributed by atoms with E-state index in [4.69, 9.17) is 14.2 Å². The van der Waals surface area contributed by atoms with E-state index in [0.717, 1.165) is 11.1 Å². The van der Waals surface area contributed by atoms with Crippen molar-refractivity contribution in [2.75, 3.05) is 6.61 Å². The summed E-state index contributed by atoms with van der Waals surface area (Å²) in [4.78, 5) is 56.3. The second kappa shape index (κ2) is 12.7. The first kappa shape index (κ1) is 31.7. The Bertz CT molecular complexity index is 1350. The second-order valence-corrected chi connectivity index (χ2v) is 13.7. The summed E-state index contributed by atoms with van der Waals surface area (Å²) in [5, 5.41) is 0. The zero-order valence-electron chi connectivity index (χ0n) is 26.4. The number of rotatable bonds is 7. The van der Waals surface area contributed by atoms with E-state index in [-0.39, 0.29) is 37.1 Å². The monoisotopic (exact) mass is 604 g/mol. The van der Waals surface area contributed by atoms with Crippen LogP contribution in [0.15, 0.2) is 60.7 Å². The molecular formula is C35H44N2O7. The SMILES string of the molecule is CC(C)(C)OC(=O)N1C(Cc2ccccc2)C(CC2CC(=O)CCC2C(=O)N2C(=O)OCC2Cc2ccccc2)OC1(C)C. The van der Waals surface area contributed by atoms with Crippen LogP contribution in [0.4, 0.5) is 9.59 Å². The summed E-state index contributed by atoms with van der Waals surface area (Å²) in [5.74, 6) is -1.11. The molecule has 2 aromatic carbocycles. The molecule has 2 saturated heterocycles. The van der Waals surface area contributed by atoms with Crippen molar-refractivity contribution < 1.29 is 33.4 Å². The molecule has 2 heterocycles. The van der Waals surface area contributed by atoms with Crippen LogP contribution in [0.2, 0.25) is 0 Å². The maximum absolute atomic E-state index is 14.1. The fraction of sp³-hybridized carbons (Fsp3) is 0.543. The van der Waals surface area contributed by atoms with Crippen LogP contribution in [0.1, 0.15) is 71.4 Å². The molecule has 1 saturated carbocycles. The molecule has 2 aromatic rings. The number of imide groups is 1. The molecule has 9 heteroatoms. The summed E-state index contributed by atoms with van der Waals surface area (Å²) in [6.07, 6.45) is 0.693. The van der Waals surface area contributed by atoms with E-state index in [0.29, 0.717) is 25.7 Å².